The zero-order valence-corrected chi connectivity index (χ0v) is 21.0. The van der Waals surface area contributed by atoms with E-state index in [-0.39, 0.29) is 12.5 Å². The van der Waals surface area contributed by atoms with Gasteiger partial charge in [0.05, 0.1) is 17.1 Å². The highest BCUT2D eigenvalue weighted by atomic mass is 16.5. The molecule has 2 aromatic rings. The molecule has 1 aliphatic rings. The Labute approximate surface area is 206 Å². The van der Waals surface area contributed by atoms with Gasteiger partial charge in [-0.3, -0.25) is 9.59 Å². The lowest BCUT2D eigenvalue weighted by Crippen LogP contribution is -2.62. The molecule has 2 aromatic carbocycles. The number of hydrogen-bond acceptors (Lipinski definition) is 5. The average Bonchev–Trinajstić information content (AvgIpc) is 3.13. The van der Waals surface area contributed by atoms with Crippen LogP contribution in [0.1, 0.15) is 51.7 Å². The minimum Gasteiger partial charge on any atom is -0.481 e. The van der Waals surface area contributed by atoms with Crippen LogP contribution in [0.2, 0.25) is 0 Å². The van der Waals surface area contributed by atoms with Crippen molar-refractivity contribution in [2.75, 3.05) is 13.7 Å². The van der Waals surface area contributed by atoms with Crippen molar-refractivity contribution in [3.8, 4) is 11.1 Å². The molecule has 8 heteroatoms. The molecule has 2 unspecified atom stereocenters. The molecule has 0 bridgehead atoms. The van der Waals surface area contributed by atoms with Crippen LogP contribution >= 0.6 is 0 Å². The molecule has 0 saturated heterocycles. The van der Waals surface area contributed by atoms with Crippen LogP contribution < -0.4 is 10.6 Å². The minimum absolute atomic E-state index is 0.104. The largest absolute Gasteiger partial charge is 0.481 e. The van der Waals surface area contributed by atoms with Gasteiger partial charge in [0.1, 0.15) is 12.6 Å². The number of aliphatic carboxylic acids is 1. The number of amides is 2. The maximum atomic E-state index is 13.1. The first-order chi connectivity index (χ1) is 16.4. The van der Waals surface area contributed by atoms with Gasteiger partial charge in [-0.15, -0.1) is 0 Å². The van der Waals surface area contributed by atoms with E-state index in [0.717, 1.165) is 22.3 Å². The Hall–Kier alpha value is -3.39. The van der Waals surface area contributed by atoms with Gasteiger partial charge in [-0.05, 0) is 56.9 Å². The summed E-state index contributed by atoms with van der Waals surface area (Å²) in [5.74, 6) is -1.73. The van der Waals surface area contributed by atoms with E-state index in [9.17, 15) is 19.5 Å². The number of carboxylic acid groups (broad SMARTS) is 1. The predicted octanol–water partition coefficient (Wildman–Crippen LogP) is 3.93. The van der Waals surface area contributed by atoms with Gasteiger partial charge in [0.2, 0.25) is 5.91 Å². The summed E-state index contributed by atoms with van der Waals surface area (Å²) < 4.78 is 10.9. The van der Waals surface area contributed by atoms with Crippen molar-refractivity contribution in [1.29, 1.82) is 0 Å². The predicted molar refractivity (Wildman–Crippen MR) is 132 cm³/mol. The molecule has 0 aliphatic heterocycles. The van der Waals surface area contributed by atoms with Crippen LogP contribution in [0.15, 0.2) is 48.5 Å². The Morgan fingerprint density at radius 2 is 1.49 bits per heavy atom. The fourth-order valence-electron chi connectivity index (χ4n) is 4.11. The van der Waals surface area contributed by atoms with Crippen molar-refractivity contribution in [2.24, 2.45) is 5.41 Å². The molecule has 3 rings (SSSR count). The van der Waals surface area contributed by atoms with Crippen LogP contribution in [-0.4, -0.2) is 54.5 Å². The molecule has 0 saturated carbocycles. The SMILES string of the molecule is COC(C)C(NC(=O)OCC1c2ccccc2-c2ccccc21)C(=O)NC(C)(C)C(C)(C)C(=O)O. The zero-order valence-electron chi connectivity index (χ0n) is 21.0. The lowest BCUT2D eigenvalue weighted by molar-refractivity contribution is -0.152. The summed E-state index contributed by atoms with van der Waals surface area (Å²) in [4.78, 5) is 37.6. The highest BCUT2D eigenvalue weighted by Crippen LogP contribution is 2.44. The summed E-state index contributed by atoms with van der Waals surface area (Å²) in [6, 6.07) is 14.9. The first kappa shape index (κ1) is 26.2. The van der Waals surface area contributed by atoms with Crippen LogP contribution in [0, 0.1) is 5.41 Å². The van der Waals surface area contributed by atoms with E-state index in [4.69, 9.17) is 9.47 Å². The molecule has 0 heterocycles. The second-order valence-electron chi connectivity index (χ2n) is 9.93. The maximum absolute atomic E-state index is 13.1. The first-order valence-electron chi connectivity index (χ1n) is 11.6. The van der Waals surface area contributed by atoms with E-state index in [0.29, 0.717) is 0 Å². The fourth-order valence-corrected chi connectivity index (χ4v) is 4.11. The van der Waals surface area contributed by atoms with Crippen molar-refractivity contribution in [3.63, 3.8) is 0 Å². The van der Waals surface area contributed by atoms with Crippen molar-refractivity contribution >= 4 is 18.0 Å². The standard InChI is InChI=1S/C27H34N2O6/c1-16(34-6)22(23(30)29-27(4,5)26(2,3)24(31)32)28-25(33)35-15-21-19-13-9-7-11-17(19)18-12-8-10-14-20(18)21/h7-14,16,21-22H,15H2,1-6H3,(H,28,33)(H,29,30)(H,31,32). The maximum Gasteiger partial charge on any atom is 0.407 e. The normalized spacial score (nSPS) is 14.9. The molecule has 0 spiro atoms. The third kappa shape index (κ3) is 5.17. The third-order valence-corrected chi connectivity index (χ3v) is 7.27. The molecule has 1 aliphatic carbocycles. The quantitative estimate of drug-likeness (QED) is 0.499. The first-order valence-corrected chi connectivity index (χ1v) is 11.6. The number of alkyl carbamates (subject to hydrolysis) is 1. The Morgan fingerprint density at radius 1 is 0.971 bits per heavy atom. The zero-order chi connectivity index (χ0) is 26.0. The number of hydrogen-bond donors (Lipinski definition) is 3. The van der Waals surface area contributed by atoms with E-state index in [2.05, 4.69) is 22.8 Å². The molecule has 0 aromatic heterocycles. The fraction of sp³-hybridized carbons (Fsp3) is 0.444. The van der Waals surface area contributed by atoms with Gasteiger partial charge in [-0.1, -0.05) is 48.5 Å². The lowest BCUT2D eigenvalue weighted by atomic mass is 9.74. The Balaban J connectivity index is 1.71. The highest BCUT2D eigenvalue weighted by molar-refractivity contribution is 5.88. The van der Waals surface area contributed by atoms with Gasteiger partial charge in [-0.25, -0.2) is 4.79 Å². The number of ether oxygens (including phenoxy) is 2. The molecule has 8 nitrogen and oxygen atoms in total. The second-order valence-corrected chi connectivity index (χ2v) is 9.93. The van der Waals surface area contributed by atoms with E-state index < -0.39 is 41.1 Å². The summed E-state index contributed by atoms with van der Waals surface area (Å²) in [6.45, 7) is 8.06. The number of carboxylic acids is 1. The summed E-state index contributed by atoms with van der Waals surface area (Å²) in [5, 5.41) is 14.9. The van der Waals surface area contributed by atoms with E-state index in [1.807, 2.05) is 36.4 Å². The molecule has 2 atom stereocenters. The lowest BCUT2D eigenvalue weighted by Gasteiger charge is -2.40. The van der Waals surface area contributed by atoms with E-state index in [1.54, 1.807) is 20.8 Å². The second kappa shape index (κ2) is 10.1. The molecular formula is C27H34N2O6. The van der Waals surface area contributed by atoms with Gasteiger partial charge in [0, 0.05) is 13.0 Å². The van der Waals surface area contributed by atoms with E-state index >= 15 is 0 Å². The minimum atomic E-state index is -1.26. The van der Waals surface area contributed by atoms with Crippen molar-refractivity contribution in [2.45, 2.75) is 58.2 Å². The average molecular weight is 483 g/mol. The summed E-state index contributed by atoms with van der Waals surface area (Å²) in [5.41, 5.74) is 2.03. The summed E-state index contributed by atoms with van der Waals surface area (Å²) in [7, 11) is 1.43. The Morgan fingerprint density at radius 3 is 1.97 bits per heavy atom. The van der Waals surface area contributed by atoms with Gasteiger partial charge < -0.3 is 25.2 Å². The smallest absolute Gasteiger partial charge is 0.407 e. The molecular weight excluding hydrogens is 448 g/mol. The Kier molecular flexibility index (Phi) is 7.55. The number of carbonyl (C=O) groups excluding carboxylic acids is 2. The van der Waals surface area contributed by atoms with E-state index in [1.165, 1.54) is 21.0 Å². The van der Waals surface area contributed by atoms with Gasteiger partial charge in [0.25, 0.3) is 0 Å². The summed E-state index contributed by atoms with van der Waals surface area (Å²) in [6.07, 6.45) is -1.44. The van der Waals surface area contributed by atoms with Crippen LogP contribution in [0.25, 0.3) is 11.1 Å². The van der Waals surface area contributed by atoms with Gasteiger partial charge >= 0.3 is 12.1 Å². The molecule has 0 fully saturated rings. The van der Waals surface area contributed by atoms with Crippen LogP contribution in [0.3, 0.4) is 0 Å². The summed E-state index contributed by atoms with van der Waals surface area (Å²) >= 11 is 0. The highest BCUT2D eigenvalue weighted by Gasteiger charge is 2.46. The van der Waals surface area contributed by atoms with Crippen LogP contribution in [0.4, 0.5) is 4.79 Å². The topological polar surface area (TPSA) is 114 Å². The monoisotopic (exact) mass is 482 g/mol. The van der Waals surface area contributed by atoms with Gasteiger partial charge in [0.15, 0.2) is 0 Å². The van der Waals surface area contributed by atoms with Crippen LogP contribution in [-0.2, 0) is 19.1 Å². The molecule has 188 valence electrons. The number of benzene rings is 2. The van der Waals surface area contributed by atoms with Gasteiger partial charge in [-0.2, -0.15) is 0 Å². The number of nitrogens with one attached hydrogen (secondary N) is 2. The Bertz CT molecular complexity index is 1060. The van der Waals surface area contributed by atoms with Crippen molar-refractivity contribution in [1.82, 2.24) is 10.6 Å². The van der Waals surface area contributed by atoms with Crippen LogP contribution in [0.5, 0.6) is 0 Å². The number of methoxy groups -OCH3 is 1. The molecule has 2 amide bonds. The van der Waals surface area contributed by atoms with Crippen molar-refractivity contribution in [3.05, 3.63) is 59.7 Å². The third-order valence-electron chi connectivity index (χ3n) is 7.27. The number of fused-ring (bicyclic) bond motifs is 3. The number of carbonyl (C=O) groups is 3. The molecule has 3 N–H and O–H groups in total. The number of rotatable bonds is 9. The molecule has 35 heavy (non-hydrogen) atoms. The molecule has 0 radical (unpaired) electrons. The van der Waals surface area contributed by atoms with Crippen molar-refractivity contribution < 1.29 is 29.0 Å².